The summed E-state index contributed by atoms with van der Waals surface area (Å²) in [5.41, 5.74) is 0.169. The molecule has 0 radical (unpaired) electrons. The molecule has 0 saturated heterocycles. The monoisotopic (exact) mass is 359 g/mol. The molecule has 0 spiro atoms. The first-order chi connectivity index (χ1) is 12.4. The molecule has 0 aromatic heterocycles. The number of aliphatic hydroxyl groups is 1. The highest BCUT2D eigenvalue weighted by molar-refractivity contribution is 6.14. The number of allylic oxidation sites excluding steroid dienone is 2. The minimum atomic E-state index is -4.47. The summed E-state index contributed by atoms with van der Waals surface area (Å²) >= 11 is 0. The summed E-state index contributed by atoms with van der Waals surface area (Å²) in [4.78, 5) is 16.1. The smallest absolute Gasteiger partial charge is 0.416 e. The van der Waals surface area contributed by atoms with Gasteiger partial charge in [0, 0.05) is 18.6 Å². The van der Waals surface area contributed by atoms with E-state index < -0.39 is 11.7 Å². The van der Waals surface area contributed by atoms with Crippen molar-refractivity contribution in [1.29, 1.82) is 0 Å². The summed E-state index contributed by atoms with van der Waals surface area (Å²) < 4.78 is 38.3. The standard InChI is InChI=1S/C20H16F3NO2/c21-20(22,23)14-7-4-8-15(11-14)24-12-17-18(25)10-9-16(19(17)26)13-5-2-1-3-6-13/h1-8,11-12,16,26H,9-10H2. The van der Waals surface area contributed by atoms with E-state index in [2.05, 4.69) is 4.99 Å². The van der Waals surface area contributed by atoms with E-state index in [-0.39, 0.29) is 35.1 Å². The lowest BCUT2D eigenvalue weighted by Gasteiger charge is -2.22. The van der Waals surface area contributed by atoms with E-state index in [1.54, 1.807) is 0 Å². The predicted molar refractivity (Wildman–Crippen MR) is 92.7 cm³/mol. The van der Waals surface area contributed by atoms with Gasteiger partial charge in [0.05, 0.1) is 16.8 Å². The van der Waals surface area contributed by atoms with Crippen LogP contribution >= 0.6 is 0 Å². The maximum absolute atomic E-state index is 12.8. The molecule has 2 aromatic carbocycles. The number of benzene rings is 2. The van der Waals surface area contributed by atoms with Crippen LogP contribution in [0.15, 0.2) is 70.9 Å². The van der Waals surface area contributed by atoms with E-state index in [4.69, 9.17) is 0 Å². The molecule has 134 valence electrons. The maximum atomic E-state index is 12.8. The number of hydrogen-bond acceptors (Lipinski definition) is 3. The van der Waals surface area contributed by atoms with E-state index in [1.165, 1.54) is 12.1 Å². The van der Waals surface area contributed by atoms with Crippen LogP contribution in [-0.4, -0.2) is 17.1 Å². The SMILES string of the molecule is O=C1CCC(c2ccccc2)C(O)=C1C=Nc1cccc(C(F)(F)F)c1. The second-order valence-corrected chi connectivity index (χ2v) is 6.03. The van der Waals surface area contributed by atoms with Gasteiger partial charge in [-0.15, -0.1) is 0 Å². The van der Waals surface area contributed by atoms with Crippen LogP contribution in [0, 0.1) is 0 Å². The van der Waals surface area contributed by atoms with Crippen LogP contribution in [0.3, 0.4) is 0 Å². The Labute approximate surface area is 148 Å². The summed E-state index contributed by atoms with van der Waals surface area (Å²) in [6.07, 6.45) is -2.59. The van der Waals surface area contributed by atoms with Crippen LogP contribution in [0.5, 0.6) is 0 Å². The zero-order chi connectivity index (χ0) is 18.7. The maximum Gasteiger partial charge on any atom is 0.416 e. The highest BCUT2D eigenvalue weighted by atomic mass is 19.4. The fourth-order valence-corrected chi connectivity index (χ4v) is 2.93. The Balaban J connectivity index is 1.92. The van der Waals surface area contributed by atoms with Gasteiger partial charge in [0.2, 0.25) is 0 Å². The number of aliphatic hydroxyl groups excluding tert-OH is 1. The Kier molecular flexibility index (Phi) is 4.93. The largest absolute Gasteiger partial charge is 0.511 e. The second-order valence-electron chi connectivity index (χ2n) is 6.03. The van der Waals surface area contributed by atoms with Gasteiger partial charge in [0.25, 0.3) is 0 Å². The van der Waals surface area contributed by atoms with Crippen molar-refractivity contribution in [3.05, 3.63) is 77.1 Å². The molecule has 6 heteroatoms. The summed E-state index contributed by atoms with van der Waals surface area (Å²) in [6.45, 7) is 0. The van der Waals surface area contributed by atoms with E-state index in [1.807, 2.05) is 30.3 Å². The lowest BCUT2D eigenvalue weighted by atomic mass is 9.83. The average Bonchev–Trinajstić information content (AvgIpc) is 2.62. The summed E-state index contributed by atoms with van der Waals surface area (Å²) in [6, 6.07) is 13.8. The molecule has 26 heavy (non-hydrogen) atoms. The topological polar surface area (TPSA) is 49.7 Å². The number of carbonyl (C=O) groups excluding carboxylic acids is 1. The molecule has 1 aliphatic rings. The molecule has 0 bridgehead atoms. The van der Waals surface area contributed by atoms with Gasteiger partial charge in [-0.05, 0) is 30.2 Å². The van der Waals surface area contributed by atoms with E-state index in [0.29, 0.717) is 6.42 Å². The third-order valence-electron chi connectivity index (χ3n) is 4.28. The molecule has 0 amide bonds. The molecule has 1 aliphatic carbocycles. The van der Waals surface area contributed by atoms with Gasteiger partial charge in [-0.3, -0.25) is 9.79 Å². The van der Waals surface area contributed by atoms with Crippen molar-refractivity contribution in [2.45, 2.75) is 24.9 Å². The van der Waals surface area contributed by atoms with Gasteiger partial charge in [-0.25, -0.2) is 0 Å². The minimum absolute atomic E-state index is 0.0440. The Hall–Kier alpha value is -2.89. The van der Waals surface area contributed by atoms with E-state index in [9.17, 15) is 23.1 Å². The van der Waals surface area contributed by atoms with Gasteiger partial charge in [0.1, 0.15) is 5.76 Å². The van der Waals surface area contributed by atoms with Crippen molar-refractivity contribution in [2.75, 3.05) is 0 Å². The Bertz CT molecular complexity index is 870. The summed E-state index contributed by atoms with van der Waals surface area (Å²) in [7, 11) is 0. The first-order valence-corrected chi connectivity index (χ1v) is 8.09. The van der Waals surface area contributed by atoms with E-state index >= 15 is 0 Å². The van der Waals surface area contributed by atoms with Crippen LogP contribution in [0.2, 0.25) is 0 Å². The molecule has 2 aromatic rings. The molecule has 0 saturated carbocycles. The van der Waals surface area contributed by atoms with Crippen LogP contribution in [0.25, 0.3) is 0 Å². The molecule has 1 atom stereocenters. The molecule has 1 N–H and O–H groups in total. The second kappa shape index (κ2) is 7.15. The highest BCUT2D eigenvalue weighted by Crippen LogP contribution is 2.35. The number of alkyl halides is 3. The Morgan fingerprint density at radius 2 is 1.81 bits per heavy atom. The number of aliphatic imine (C=N–C) groups is 1. The zero-order valence-corrected chi connectivity index (χ0v) is 13.7. The number of hydrogen-bond donors (Lipinski definition) is 1. The first kappa shape index (κ1) is 17.9. The summed E-state index contributed by atoms with van der Waals surface area (Å²) in [5, 5.41) is 10.5. The zero-order valence-electron chi connectivity index (χ0n) is 13.7. The normalized spacial score (nSPS) is 18.6. The van der Waals surface area contributed by atoms with Crippen molar-refractivity contribution in [3.63, 3.8) is 0 Å². The molecule has 0 fully saturated rings. The molecule has 3 rings (SSSR count). The highest BCUT2D eigenvalue weighted by Gasteiger charge is 2.31. The van der Waals surface area contributed by atoms with Gasteiger partial charge >= 0.3 is 6.18 Å². The van der Waals surface area contributed by atoms with Gasteiger partial charge in [-0.1, -0.05) is 36.4 Å². The fourth-order valence-electron chi connectivity index (χ4n) is 2.93. The molecule has 0 heterocycles. The number of Topliss-reactive ketones (excluding diaryl/α,β-unsaturated/α-hetero) is 1. The molecule has 3 nitrogen and oxygen atoms in total. The minimum Gasteiger partial charge on any atom is -0.511 e. The van der Waals surface area contributed by atoms with Crippen LogP contribution in [0.4, 0.5) is 18.9 Å². The lowest BCUT2D eigenvalue weighted by Crippen LogP contribution is -2.19. The molecular weight excluding hydrogens is 343 g/mol. The molecular formula is C20H16F3NO2. The van der Waals surface area contributed by atoms with Crippen molar-refractivity contribution >= 4 is 17.7 Å². The number of ketones is 1. The summed E-state index contributed by atoms with van der Waals surface area (Å²) in [5.74, 6) is -0.689. The fraction of sp³-hybridized carbons (Fsp3) is 0.200. The number of nitrogens with zero attached hydrogens (tertiary/aromatic N) is 1. The first-order valence-electron chi connectivity index (χ1n) is 8.09. The third-order valence-corrected chi connectivity index (χ3v) is 4.28. The number of carbonyl (C=O) groups is 1. The van der Waals surface area contributed by atoms with Crippen molar-refractivity contribution in [3.8, 4) is 0 Å². The number of halogens is 3. The van der Waals surface area contributed by atoms with Gasteiger partial charge in [-0.2, -0.15) is 13.2 Å². The quantitative estimate of drug-likeness (QED) is 0.750. The Morgan fingerprint density at radius 1 is 1.08 bits per heavy atom. The van der Waals surface area contributed by atoms with Crippen molar-refractivity contribution in [2.24, 2.45) is 4.99 Å². The van der Waals surface area contributed by atoms with Gasteiger partial charge < -0.3 is 5.11 Å². The van der Waals surface area contributed by atoms with Crippen LogP contribution < -0.4 is 0 Å². The van der Waals surface area contributed by atoms with Crippen molar-refractivity contribution in [1.82, 2.24) is 0 Å². The average molecular weight is 359 g/mol. The van der Waals surface area contributed by atoms with Crippen molar-refractivity contribution < 1.29 is 23.1 Å². The van der Waals surface area contributed by atoms with E-state index in [0.717, 1.165) is 23.9 Å². The Morgan fingerprint density at radius 3 is 2.50 bits per heavy atom. The predicted octanol–water partition coefficient (Wildman–Crippen LogP) is 5.37. The van der Waals surface area contributed by atoms with Crippen LogP contribution in [-0.2, 0) is 11.0 Å². The molecule has 0 aliphatic heterocycles. The lowest BCUT2D eigenvalue weighted by molar-refractivity contribution is -0.137. The molecule has 1 unspecified atom stereocenters. The van der Waals surface area contributed by atoms with Gasteiger partial charge in [0.15, 0.2) is 5.78 Å². The number of rotatable bonds is 3. The third kappa shape index (κ3) is 3.85. The van der Waals surface area contributed by atoms with Crippen LogP contribution in [0.1, 0.15) is 29.9 Å².